The molecule has 0 radical (unpaired) electrons. The lowest BCUT2D eigenvalue weighted by molar-refractivity contribution is 0.186. The van der Waals surface area contributed by atoms with E-state index < -0.39 is 0 Å². The highest BCUT2D eigenvalue weighted by Gasteiger charge is 2.14. The van der Waals surface area contributed by atoms with Crippen LogP contribution in [0.3, 0.4) is 0 Å². The van der Waals surface area contributed by atoms with Gasteiger partial charge in [0.15, 0.2) is 6.73 Å². The molecule has 1 aromatic carbocycles. The lowest BCUT2D eigenvalue weighted by Gasteiger charge is -2.20. The Morgan fingerprint density at radius 1 is 1.15 bits per heavy atom. The highest BCUT2D eigenvalue weighted by atomic mass is 16.5. The average Bonchev–Trinajstić information content (AvgIpc) is 2.71. The number of likely N-dealkylation sites (tertiary alicyclic amines) is 1. The van der Waals surface area contributed by atoms with E-state index >= 15 is 0 Å². The molecule has 4 nitrogen and oxygen atoms in total. The average molecular weight is 276 g/mol. The fraction of sp³-hybridized carbons (Fsp3) is 0.562. The summed E-state index contributed by atoms with van der Waals surface area (Å²) < 4.78 is 5.58. The van der Waals surface area contributed by atoms with Gasteiger partial charge in [-0.1, -0.05) is 18.9 Å². The molecule has 1 heterocycles. The van der Waals surface area contributed by atoms with Crippen molar-refractivity contribution in [2.24, 2.45) is 0 Å². The smallest absolute Gasteiger partial charge is 0.320 e. The maximum atomic E-state index is 12.0. The molecule has 1 aromatic rings. The Balaban J connectivity index is 1.76. The molecule has 4 heteroatoms. The second-order valence-electron chi connectivity index (χ2n) is 5.42. The van der Waals surface area contributed by atoms with E-state index in [0.29, 0.717) is 0 Å². The standard InChI is InChI=1S/C16H24N2O2/c1-13-7-8-15(11-14(13)2)20-12-17-16(19)18-9-5-3-4-6-10-18/h7-8,11H,3-6,9-10,12H2,1-2H3,(H,17,19). The van der Waals surface area contributed by atoms with Gasteiger partial charge in [-0.25, -0.2) is 4.79 Å². The number of nitrogens with one attached hydrogen (secondary N) is 1. The molecule has 20 heavy (non-hydrogen) atoms. The largest absolute Gasteiger partial charge is 0.473 e. The first kappa shape index (κ1) is 14.7. The molecule has 110 valence electrons. The molecule has 0 unspecified atom stereocenters. The molecule has 0 atom stereocenters. The Labute approximate surface area is 121 Å². The summed E-state index contributed by atoms with van der Waals surface area (Å²) in [6, 6.07) is 5.94. The van der Waals surface area contributed by atoms with Gasteiger partial charge in [0.2, 0.25) is 0 Å². The van der Waals surface area contributed by atoms with E-state index in [1.54, 1.807) is 0 Å². The number of nitrogens with zero attached hydrogens (tertiary/aromatic N) is 1. The Kier molecular flexibility index (Phi) is 5.27. The monoisotopic (exact) mass is 276 g/mol. The number of hydrogen-bond donors (Lipinski definition) is 1. The van der Waals surface area contributed by atoms with Crippen molar-refractivity contribution in [3.8, 4) is 5.75 Å². The number of carbonyl (C=O) groups excluding carboxylic acids is 1. The molecule has 1 N–H and O–H groups in total. The molecule has 1 aliphatic heterocycles. The van der Waals surface area contributed by atoms with E-state index in [4.69, 9.17) is 4.74 Å². The summed E-state index contributed by atoms with van der Waals surface area (Å²) in [4.78, 5) is 13.9. The van der Waals surface area contributed by atoms with Crippen LogP contribution in [0.4, 0.5) is 4.79 Å². The predicted octanol–water partition coefficient (Wildman–Crippen LogP) is 3.23. The maximum absolute atomic E-state index is 12.0. The van der Waals surface area contributed by atoms with E-state index in [2.05, 4.69) is 19.2 Å². The van der Waals surface area contributed by atoms with Crippen LogP contribution in [0.5, 0.6) is 5.75 Å². The maximum Gasteiger partial charge on any atom is 0.320 e. The Morgan fingerprint density at radius 3 is 2.50 bits per heavy atom. The van der Waals surface area contributed by atoms with E-state index in [0.717, 1.165) is 31.7 Å². The molecule has 0 saturated carbocycles. The number of hydrogen-bond acceptors (Lipinski definition) is 2. The SMILES string of the molecule is Cc1ccc(OCNC(=O)N2CCCCCC2)cc1C. The second-order valence-corrected chi connectivity index (χ2v) is 5.42. The molecule has 2 amide bonds. The third-order valence-corrected chi connectivity index (χ3v) is 3.83. The minimum Gasteiger partial charge on any atom is -0.473 e. The zero-order valence-corrected chi connectivity index (χ0v) is 12.4. The van der Waals surface area contributed by atoms with Crippen LogP contribution in [0.15, 0.2) is 18.2 Å². The Hall–Kier alpha value is -1.71. The summed E-state index contributed by atoms with van der Waals surface area (Å²) in [5, 5.41) is 2.83. The molecular formula is C16H24N2O2. The lowest BCUT2D eigenvalue weighted by atomic mass is 10.1. The number of carbonyl (C=O) groups is 1. The zero-order valence-electron chi connectivity index (χ0n) is 12.4. The fourth-order valence-corrected chi connectivity index (χ4v) is 2.37. The van der Waals surface area contributed by atoms with Gasteiger partial charge in [0.05, 0.1) is 0 Å². The van der Waals surface area contributed by atoms with Crippen molar-refractivity contribution < 1.29 is 9.53 Å². The molecule has 1 fully saturated rings. The van der Waals surface area contributed by atoms with Crippen molar-refractivity contribution in [3.05, 3.63) is 29.3 Å². The molecular weight excluding hydrogens is 252 g/mol. The van der Waals surface area contributed by atoms with Gasteiger partial charge in [0, 0.05) is 13.1 Å². The minimum atomic E-state index is -0.0178. The van der Waals surface area contributed by atoms with Crippen molar-refractivity contribution >= 4 is 6.03 Å². The van der Waals surface area contributed by atoms with Crippen LogP contribution in [0, 0.1) is 13.8 Å². The Bertz CT molecular complexity index is 452. The topological polar surface area (TPSA) is 41.6 Å². The van der Waals surface area contributed by atoms with Gasteiger partial charge >= 0.3 is 6.03 Å². The van der Waals surface area contributed by atoms with Crippen molar-refractivity contribution in [1.82, 2.24) is 10.2 Å². The molecule has 0 spiro atoms. The lowest BCUT2D eigenvalue weighted by Crippen LogP contribution is -2.41. The van der Waals surface area contributed by atoms with Crippen LogP contribution < -0.4 is 10.1 Å². The first-order valence-electron chi connectivity index (χ1n) is 7.39. The third kappa shape index (κ3) is 4.15. The summed E-state index contributed by atoms with van der Waals surface area (Å²) >= 11 is 0. The number of ether oxygens (including phenoxy) is 1. The van der Waals surface area contributed by atoms with Gasteiger partial charge in [-0.05, 0) is 49.9 Å². The van der Waals surface area contributed by atoms with Crippen molar-refractivity contribution in [1.29, 1.82) is 0 Å². The molecule has 0 bridgehead atoms. The molecule has 1 aliphatic rings. The van der Waals surface area contributed by atoms with Gasteiger partial charge in [-0.2, -0.15) is 0 Å². The number of amides is 2. The minimum absolute atomic E-state index is 0.0178. The van der Waals surface area contributed by atoms with E-state index in [9.17, 15) is 4.79 Å². The molecule has 0 aromatic heterocycles. The summed E-state index contributed by atoms with van der Waals surface area (Å²) in [5.74, 6) is 0.796. The quantitative estimate of drug-likeness (QED) is 0.861. The number of urea groups is 1. The van der Waals surface area contributed by atoms with Crippen LogP contribution in [-0.2, 0) is 0 Å². The number of aryl methyl sites for hydroxylation is 2. The number of benzene rings is 1. The molecule has 2 rings (SSSR count). The highest BCUT2D eigenvalue weighted by Crippen LogP contribution is 2.16. The first-order valence-corrected chi connectivity index (χ1v) is 7.39. The highest BCUT2D eigenvalue weighted by molar-refractivity contribution is 5.74. The summed E-state index contributed by atoms with van der Waals surface area (Å²) in [5.41, 5.74) is 2.44. The van der Waals surface area contributed by atoms with Gasteiger partial charge in [-0.3, -0.25) is 0 Å². The summed E-state index contributed by atoms with van der Waals surface area (Å²) in [7, 11) is 0. The number of rotatable bonds is 3. The zero-order chi connectivity index (χ0) is 14.4. The van der Waals surface area contributed by atoms with Crippen molar-refractivity contribution in [2.45, 2.75) is 39.5 Å². The third-order valence-electron chi connectivity index (χ3n) is 3.83. The first-order chi connectivity index (χ1) is 9.66. The normalized spacial score (nSPS) is 15.6. The van der Waals surface area contributed by atoms with Gasteiger partial charge in [0.25, 0.3) is 0 Å². The van der Waals surface area contributed by atoms with E-state index in [1.165, 1.54) is 24.0 Å². The fourth-order valence-electron chi connectivity index (χ4n) is 2.37. The second kappa shape index (κ2) is 7.17. The van der Waals surface area contributed by atoms with Gasteiger partial charge in [-0.15, -0.1) is 0 Å². The van der Waals surface area contributed by atoms with Crippen molar-refractivity contribution in [2.75, 3.05) is 19.8 Å². The van der Waals surface area contributed by atoms with Crippen LogP contribution in [0.1, 0.15) is 36.8 Å². The molecule has 1 saturated heterocycles. The predicted molar refractivity (Wildman–Crippen MR) is 80.0 cm³/mol. The van der Waals surface area contributed by atoms with Crippen LogP contribution in [-0.4, -0.2) is 30.8 Å². The van der Waals surface area contributed by atoms with E-state index in [1.807, 2.05) is 23.1 Å². The van der Waals surface area contributed by atoms with Gasteiger partial charge in [0.1, 0.15) is 5.75 Å². The summed E-state index contributed by atoms with van der Waals surface area (Å²) in [6.07, 6.45) is 4.66. The van der Waals surface area contributed by atoms with Crippen LogP contribution in [0.2, 0.25) is 0 Å². The summed E-state index contributed by atoms with van der Waals surface area (Å²) in [6.45, 7) is 6.06. The van der Waals surface area contributed by atoms with Gasteiger partial charge < -0.3 is 15.0 Å². The van der Waals surface area contributed by atoms with E-state index in [-0.39, 0.29) is 12.8 Å². The molecule has 0 aliphatic carbocycles. The Morgan fingerprint density at radius 2 is 1.85 bits per heavy atom. The van der Waals surface area contributed by atoms with Crippen LogP contribution >= 0.6 is 0 Å². The van der Waals surface area contributed by atoms with Crippen LogP contribution in [0.25, 0.3) is 0 Å². The van der Waals surface area contributed by atoms with Crippen molar-refractivity contribution in [3.63, 3.8) is 0 Å².